The average molecular weight is 348 g/mol. The number of benzene rings is 2. The topological polar surface area (TPSA) is 21.3 Å². The largest absolute Gasteiger partial charge is 0.496 e. The number of ether oxygens (including phenoxy) is 1. The van der Waals surface area contributed by atoms with Gasteiger partial charge in [0.1, 0.15) is 5.75 Å². The Morgan fingerprint density at radius 2 is 1.90 bits per heavy atom. The summed E-state index contributed by atoms with van der Waals surface area (Å²) in [6.07, 6.45) is 1.13. The molecule has 2 rings (SSSR count). The fraction of sp³-hybridized carbons (Fsp3) is 0.333. The normalized spacial score (nSPS) is 12.1. The van der Waals surface area contributed by atoms with Crippen LogP contribution in [0.4, 0.5) is 0 Å². The monoisotopic (exact) mass is 347 g/mol. The molecule has 2 aromatic carbocycles. The quantitative estimate of drug-likeness (QED) is 0.730. The molecule has 1 unspecified atom stereocenters. The molecular formula is C18H22BrNO. The lowest BCUT2D eigenvalue weighted by Crippen LogP contribution is -2.17. The van der Waals surface area contributed by atoms with E-state index in [1.54, 1.807) is 7.11 Å². The SMILES string of the molecule is COc1ccc(Br)cc1CNCCC(C)c1ccccc1. The van der Waals surface area contributed by atoms with Gasteiger partial charge in [0.05, 0.1) is 7.11 Å². The fourth-order valence-corrected chi connectivity index (χ4v) is 2.78. The number of hydrogen-bond acceptors (Lipinski definition) is 2. The Labute approximate surface area is 135 Å². The van der Waals surface area contributed by atoms with Crippen LogP contribution in [0.25, 0.3) is 0 Å². The van der Waals surface area contributed by atoms with Crippen LogP contribution in [0.1, 0.15) is 30.4 Å². The third kappa shape index (κ3) is 4.87. The van der Waals surface area contributed by atoms with Crippen molar-refractivity contribution in [2.45, 2.75) is 25.8 Å². The second-order valence-corrected chi connectivity index (χ2v) is 6.15. The van der Waals surface area contributed by atoms with Crippen molar-refractivity contribution < 1.29 is 4.74 Å². The highest BCUT2D eigenvalue weighted by molar-refractivity contribution is 9.10. The van der Waals surface area contributed by atoms with Crippen molar-refractivity contribution in [3.8, 4) is 5.75 Å². The lowest BCUT2D eigenvalue weighted by atomic mass is 9.98. The Morgan fingerprint density at radius 1 is 1.14 bits per heavy atom. The van der Waals surface area contributed by atoms with E-state index in [-0.39, 0.29) is 0 Å². The molecule has 0 aliphatic heterocycles. The molecule has 0 saturated heterocycles. The maximum Gasteiger partial charge on any atom is 0.123 e. The first-order chi connectivity index (χ1) is 10.2. The Kier molecular flexibility index (Phi) is 6.27. The molecule has 0 heterocycles. The summed E-state index contributed by atoms with van der Waals surface area (Å²) in [5.74, 6) is 1.50. The highest BCUT2D eigenvalue weighted by atomic mass is 79.9. The molecule has 0 aliphatic rings. The van der Waals surface area contributed by atoms with Crippen molar-refractivity contribution in [2.75, 3.05) is 13.7 Å². The molecule has 3 heteroatoms. The van der Waals surface area contributed by atoms with Gasteiger partial charge in [0.15, 0.2) is 0 Å². The molecule has 0 bridgehead atoms. The number of hydrogen-bond donors (Lipinski definition) is 1. The highest BCUT2D eigenvalue weighted by Gasteiger charge is 2.06. The van der Waals surface area contributed by atoms with E-state index in [2.05, 4.69) is 64.6 Å². The predicted molar refractivity (Wildman–Crippen MR) is 91.9 cm³/mol. The van der Waals surface area contributed by atoms with Crippen molar-refractivity contribution in [3.05, 3.63) is 64.1 Å². The van der Waals surface area contributed by atoms with Gasteiger partial charge in [-0.1, -0.05) is 53.2 Å². The van der Waals surface area contributed by atoms with E-state index in [1.165, 1.54) is 11.1 Å². The fourth-order valence-electron chi connectivity index (χ4n) is 2.38. The first-order valence-corrected chi connectivity index (χ1v) is 8.08. The van der Waals surface area contributed by atoms with E-state index in [1.807, 2.05) is 12.1 Å². The summed E-state index contributed by atoms with van der Waals surface area (Å²) in [5.41, 5.74) is 2.58. The zero-order valence-electron chi connectivity index (χ0n) is 12.6. The lowest BCUT2D eigenvalue weighted by Gasteiger charge is -2.13. The van der Waals surface area contributed by atoms with Crippen molar-refractivity contribution in [2.24, 2.45) is 0 Å². The number of halogens is 1. The van der Waals surface area contributed by atoms with Crippen molar-refractivity contribution in [3.63, 3.8) is 0 Å². The minimum atomic E-state index is 0.572. The predicted octanol–water partition coefficient (Wildman–Crippen LogP) is 4.74. The average Bonchev–Trinajstić information content (AvgIpc) is 2.52. The summed E-state index contributed by atoms with van der Waals surface area (Å²) in [5, 5.41) is 3.50. The van der Waals surface area contributed by atoms with E-state index in [9.17, 15) is 0 Å². The summed E-state index contributed by atoms with van der Waals surface area (Å²) >= 11 is 3.50. The smallest absolute Gasteiger partial charge is 0.123 e. The van der Waals surface area contributed by atoms with Crippen LogP contribution in [-0.2, 0) is 6.54 Å². The van der Waals surface area contributed by atoms with Crippen molar-refractivity contribution >= 4 is 15.9 Å². The van der Waals surface area contributed by atoms with Gasteiger partial charge in [-0.3, -0.25) is 0 Å². The summed E-state index contributed by atoms with van der Waals surface area (Å²) in [6, 6.07) is 16.8. The Balaban J connectivity index is 1.81. The summed E-state index contributed by atoms with van der Waals surface area (Å²) in [4.78, 5) is 0. The second-order valence-electron chi connectivity index (χ2n) is 5.23. The van der Waals surface area contributed by atoms with E-state index in [0.717, 1.165) is 29.7 Å². The van der Waals surface area contributed by atoms with Gasteiger partial charge in [0.2, 0.25) is 0 Å². The molecule has 0 spiro atoms. The van der Waals surface area contributed by atoms with Gasteiger partial charge >= 0.3 is 0 Å². The highest BCUT2D eigenvalue weighted by Crippen LogP contribution is 2.23. The zero-order chi connectivity index (χ0) is 15.1. The van der Waals surface area contributed by atoms with E-state index in [0.29, 0.717) is 5.92 Å². The number of nitrogens with one attached hydrogen (secondary N) is 1. The van der Waals surface area contributed by atoms with Gasteiger partial charge in [-0.05, 0) is 42.6 Å². The van der Waals surface area contributed by atoms with Crippen LogP contribution in [0.5, 0.6) is 5.75 Å². The molecule has 2 nitrogen and oxygen atoms in total. The summed E-state index contributed by atoms with van der Waals surface area (Å²) in [7, 11) is 1.71. The zero-order valence-corrected chi connectivity index (χ0v) is 14.2. The van der Waals surface area contributed by atoms with Crippen LogP contribution in [0, 0.1) is 0 Å². The van der Waals surface area contributed by atoms with Crippen LogP contribution >= 0.6 is 15.9 Å². The first kappa shape index (κ1) is 16.1. The molecule has 2 aromatic rings. The third-order valence-corrected chi connectivity index (χ3v) is 4.17. The minimum Gasteiger partial charge on any atom is -0.496 e. The Morgan fingerprint density at radius 3 is 2.62 bits per heavy atom. The second kappa shape index (κ2) is 8.20. The van der Waals surface area contributed by atoms with Gasteiger partial charge in [-0.2, -0.15) is 0 Å². The van der Waals surface area contributed by atoms with Crippen LogP contribution in [-0.4, -0.2) is 13.7 Å². The Bertz CT molecular complexity index is 556. The van der Waals surface area contributed by atoms with Crippen molar-refractivity contribution in [1.82, 2.24) is 5.32 Å². The van der Waals surface area contributed by atoms with Crippen molar-refractivity contribution in [1.29, 1.82) is 0 Å². The molecule has 0 fully saturated rings. The molecule has 0 aliphatic carbocycles. The molecule has 0 aromatic heterocycles. The van der Waals surface area contributed by atoms with Crippen LogP contribution in [0.15, 0.2) is 53.0 Å². The first-order valence-electron chi connectivity index (χ1n) is 7.29. The van der Waals surface area contributed by atoms with Gasteiger partial charge in [0.25, 0.3) is 0 Å². The molecule has 0 amide bonds. The van der Waals surface area contributed by atoms with Crippen LogP contribution < -0.4 is 10.1 Å². The molecular weight excluding hydrogens is 326 g/mol. The molecule has 21 heavy (non-hydrogen) atoms. The summed E-state index contributed by atoms with van der Waals surface area (Å²) in [6.45, 7) is 4.09. The molecule has 112 valence electrons. The minimum absolute atomic E-state index is 0.572. The van der Waals surface area contributed by atoms with E-state index >= 15 is 0 Å². The standard InChI is InChI=1S/C18H22BrNO/c1-14(15-6-4-3-5-7-15)10-11-20-13-16-12-17(19)8-9-18(16)21-2/h3-9,12,14,20H,10-11,13H2,1-2H3. The lowest BCUT2D eigenvalue weighted by molar-refractivity contribution is 0.407. The van der Waals surface area contributed by atoms with Crippen LogP contribution in [0.3, 0.4) is 0 Å². The summed E-state index contributed by atoms with van der Waals surface area (Å²) < 4.78 is 6.47. The van der Waals surface area contributed by atoms with Gasteiger partial charge in [-0.25, -0.2) is 0 Å². The molecule has 0 saturated carbocycles. The third-order valence-electron chi connectivity index (χ3n) is 3.68. The molecule has 1 N–H and O–H groups in total. The van der Waals surface area contributed by atoms with Crippen LogP contribution in [0.2, 0.25) is 0 Å². The Hall–Kier alpha value is -1.32. The molecule has 0 radical (unpaired) electrons. The number of rotatable bonds is 7. The van der Waals surface area contributed by atoms with Gasteiger partial charge < -0.3 is 10.1 Å². The maximum atomic E-state index is 5.39. The van der Waals surface area contributed by atoms with E-state index < -0.39 is 0 Å². The van der Waals surface area contributed by atoms with Gasteiger partial charge in [-0.15, -0.1) is 0 Å². The van der Waals surface area contributed by atoms with E-state index in [4.69, 9.17) is 4.74 Å². The number of methoxy groups -OCH3 is 1. The maximum absolute atomic E-state index is 5.39. The molecule has 1 atom stereocenters. The van der Waals surface area contributed by atoms with Gasteiger partial charge in [0, 0.05) is 16.6 Å².